The summed E-state index contributed by atoms with van der Waals surface area (Å²) in [6.45, 7) is 17.0. The van der Waals surface area contributed by atoms with Crippen LogP contribution in [0.1, 0.15) is 104 Å². The van der Waals surface area contributed by atoms with Gasteiger partial charge in [0.15, 0.2) is 8.32 Å². The topological polar surface area (TPSA) is 18.5 Å². The fourth-order valence-electron chi connectivity index (χ4n) is 3.04. The highest BCUT2D eigenvalue weighted by molar-refractivity contribution is 6.74. The quantitative estimate of drug-likeness (QED) is 0.162. The molecule has 0 aliphatic carbocycles. The summed E-state index contributed by atoms with van der Waals surface area (Å²) in [5.41, 5.74) is 2.42. The third kappa shape index (κ3) is 12.5. The Kier molecular flexibility index (Phi) is 13.4. The Labute approximate surface area is 194 Å². The summed E-state index contributed by atoms with van der Waals surface area (Å²) in [5, 5.41) is 0.242. The van der Waals surface area contributed by atoms with E-state index < -0.39 is 8.32 Å². The van der Waals surface area contributed by atoms with Crippen LogP contribution in [0.3, 0.4) is 0 Å². The molecule has 1 rings (SSSR count). The third-order valence-electron chi connectivity index (χ3n) is 6.39. The second-order valence-electron chi connectivity index (χ2n) is 10.4. The lowest BCUT2D eigenvalue weighted by Gasteiger charge is -2.36. The second-order valence-corrected chi connectivity index (χ2v) is 15.2. The fourth-order valence-corrected chi connectivity index (χ4v) is 4.00. The van der Waals surface area contributed by atoms with E-state index in [1.807, 2.05) is 6.92 Å². The van der Waals surface area contributed by atoms with E-state index in [1.165, 1.54) is 62.5 Å². The zero-order valence-corrected chi connectivity index (χ0v) is 22.5. The molecule has 0 radical (unpaired) electrons. The van der Waals surface area contributed by atoms with Crippen LogP contribution >= 0.6 is 0 Å². The van der Waals surface area contributed by atoms with E-state index in [4.69, 9.17) is 9.16 Å². The Balaban J connectivity index is 2.22. The summed E-state index contributed by atoms with van der Waals surface area (Å²) in [4.78, 5) is 0. The first kappa shape index (κ1) is 28.0. The number of rotatable bonds is 14. The minimum absolute atomic E-state index is 0.0179. The van der Waals surface area contributed by atoms with Crippen molar-refractivity contribution in [1.29, 1.82) is 0 Å². The normalized spacial score (nSPS) is 13.0. The smallest absolute Gasteiger partial charge is 0.192 e. The first-order valence-electron chi connectivity index (χ1n) is 12.5. The first-order chi connectivity index (χ1) is 14.7. The van der Waals surface area contributed by atoms with Crippen molar-refractivity contribution < 1.29 is 9.16 Å². The molecule has 0 aromatic heterocycles. The predicted octanol–water partition coefficient (Wildman–Crippen LogP) is 8.65. The largest absolute Gasteiger partial charge is 0.413 e. The Bertz CT molecular complexity index is 646. The van der Waals surface area contributed by atoms with Gasteiger partial charge in [-0.3, -0.25) is 0 Å². The Morgan fingerprint density at radius 2 is 1.35 bits per heavy atom. The van der Waals surface area contributed by atoms with Crippen LogP contribution in [0.2, 0.25) is 18.1 Å². The second kappa shape index (κ2) is 14.9. The molecule has 1 aromatic rings. The van der Waals surface area contributed by atoms with Gasteiger partial charge >= 0.3 is 0 Å². The average Bonchev–Trinajstić information content (AvgIpc) is 2.72. The maximum absolute atomic E-state index is 6.31. The van der Waals surface area contributed by atoms with Gasteiger partial charge in [-0.05, 0) is 42.6 Å². The van der Waals surface area contributed by atoms with E-state index in [0.717, 1.165) is 6.42 Å². The highest BCUT2D eigenvalue weighted by Gasteiger charge is 2.36. The van der Waals surface area contributed by atoms with Gasteiger partial charge in [0.2, 0.25) is 0 Å². The molecule has 176 valence electrons. The van der Waals surface area contributed by atoms with Gasteiger partial charge in [0.1, 0.15) is 6.10 Å². The van der Waals surface area contributed by atoms with E-state index in [-0.39, 0.29) is 11.1 Å². The Morgan fingerprint density at radius 3 is 1.90 bits per heavy atom. The summed E-state index contributed by atoms with van der Waals surface area (Å²) >= 11 is 0. The van der Waals surface area contributed by atoms with Crippen molar-refractivity contribution >= 4 is 8.32 Å². The van der Waals surface area contributed by atoms with Crippen LogP contribution in [-0.2, 0) is 22.4 Å². The lowest BCUT2D eigenvalue weighted by atomic mass is 10.1. The van der Waals surface area contributed by atoms with Crippen molar-refractivity contribution in [1.82, 2.24) is 0 Å². The molecular weight excluding hydrogens is 396 g/mol. The predicted molar refractivity (Wildman–Crippen MR) is 138 cm³/mol. The molecule has 2 nitrogen and oxygen atoms in total. The van der Waals surface area contributed by atoms with Crippen molar-refractivity contribution in [2.24, 2.45) is 0 Å². The van der Waals surface area contributed by atoms with E-state index in [1.54, 1.807) is 0 Å². The van der Waals surface area contributed by atoms with E-state index in [0.29, 0.717) is 13.2 Å². The van der Waals surface area contributed by atoms with Crippen LogP contribution in [0.25, 0.3) is 0 Å². The Hall–Kier alpha value is -1.08. The number of unbranched alkanes of at least 4 members (excludes halogenated alkanes) is 8. The van der Waals surface area contributed by atoms with Crippen molar-refractivity contribution in [2.45, 2.75) is 130 Å². The van der Waals surface area contributed by atoms with Crippen LogP contribution < -0.4 is 0 Å². The molecule has 0 amide bonds. The average molecular weight is 445 g/mol. The molecule has 0 saturated carbocycles. The van der Waals surface area contributed by atoms with Gasteiger partial charge < -0.3 is 9.16 Å². The number of ether oxygens (including phenoxy) is 1. The highest BCUT2D eigenvalue weighted by Crippen LogP contribution is 2.37. The molecule has 1 aromatic carbocycles. The van der Waals surface area contributed by atoms with Gasteiger partial charge in [0, 0.05) is 6.42 Å². The van der Waals surface area contributed by atoms with Crippen molar-refractivity contribution in [2.75, 3.05) is 0 Å². The molecule has 0 heterocycles. The Morgan fingerprint density at radius 1 is 0.839 bits per heavy atom. The van der Waals surface area contributed by atoms with Crippen LogP contribution in [0.4, 0.5) is 0 Å². The van der Waals surface area contributed by atoms with Gasteiger partial charge in [0.25, 0.3) is 0 Å². The maximum atomic E-state index is 6.31. The SMILES string of the molecule is CCCCCCCCCCC#CC(C)OCc1ccc(CO[Si](C)(C)C(C)(C)C)cc1. The zero-order valence-electron chi connectivity index (χ0n) is 21.5. The minimum atomic E-state index is -1.70. The van der Waals surface area contributed by atoms with E-state index in [2.05, 4.69) is 76.9 Å². The lowest BCUT2D eigenvalue weighted by Crippen LogP contribution is -2.40. The summed E-state index contributed by atoms with van der Waals surface area (Å²) in [7, 11) is -1.70. The summed E-state index contributed by atoms with van der Waals surface area (Å²) in [5.74, 6) is 6.54. The molecule has 1 atom stereocenters. The van der Waals surface area contributed by atoms with Crippen LogP contribution in [0.15, 0.2) is 24.3 Å². The van der Waals surface area contributed by atoms with Gasteiger partial charge in [0.05, 0.1) is 13.2 Å². The maximum Gasteiger partial charge on any atom is 0.192 e. The molecular formula is C28H48O2Si. The molecule has 1 unspecified atom stereocenters. The monoisotopic (exact) mass is 444 g/mol. The van der Waals surface area contributed by atoms with Crippen molar-refractivity contribution in [3.63, 3.8) is 0 Å². The van der Waals surface area contributed by atoms with E-state index in [9.17, 15) is 0 Å². The highest BCUT2D eigenvalue weighted by atomic mass is 28.4. The summed E-state index contributed by atoms with van der Waals surface area (Å²) < 4.78 is 12.2. The van der Waals surface area contributed by atoms with Gasteiger partial charge in [-0.2, -0.15) is 0 Å². The molecule has 0 aliphatic rings. The molecule has 31 heavy (non-hydrogen) atoms. The minimum Gasteiger partial charge on any atom is -0.413 e. The molecule has 0 fully saturated rings. The number of hydrogen-bond donors (Lipinski definition) is 0. The molecule has 0 saturated heterocycles. The van der Waals surface area contributed by atoms with Gasteiger partial charge in [-0.25, -0.2) is 0 Å². The van der Waals surface area contributed by atoms with Crippen molar-refractivity contribution in [3.05, 3.63) is 35.4 Å². The molecule has 0 aliphatic heterocycles. The molecule has 0 N–H and O–H groups in total. The molecule has 0 bridgehead atoms. The first-order valence-corrected chi connectivity index (χ1v) is 15.4. The molecule has 3 heteroatoms. The zero-order chi connectivity index (χ0) is 23.2. The van der Waals surface area contributed by atoms with E-state index >= 15 is 0 Å². The van der Waals surface area contributed by atoms with Gasteiger partial charge in [-0.15, -0.1) is 5.92 Å². The number of benzene rings is 1. The number of hydrogen-bond acceptors (Lipinski definition) is 2. The van der Waals surface area contributed by atoms with Crippen LogP contribution in [-0.4, -0.2) is 14.4 Å². The summed E-state index contributed by atoms with van der Waals surface area (Å²) in [6, 6.07) is 8.60. The van der Waals surface area contributed by atoms with Crippen LogP contribution in [0.5, 0.6) is 0 Å². The lowest BCUT2D eigenvalue weighted by molar-refractivity contribution is 0.0900. The standard InChI is InChI=1S/C28H48O2Si/c1-8-9-10-11-12-13-14-15-16-17-18-25(2)29-23-26-19-21-27(22-20-26)24-30-31(6,7)28(3,4)5/h19-22,25H,8-16,23-24H2,1-7H3. The molecule has 0 spiro atoms. The van der Waals surface area contributed by atoms with Crippen molar-refractivity contribution in [3.8, 4) is 11.8 Å². The fraction of sp³-hybridized carbons (Fsp3) is 0.714. The van der Waals surface area contributed by atoms with Gasteiger partial charge in [-0.1, -0.05) is 103 Å². The summed E-state index contributed by atoms with van der Waals surface area (Å²) in [6.07, 6.45) is 11.7. The third-order valence-corrected chi connectivity index (χ3v) is 10.9. The van der Waals surface area contributed by atoms with Crippen LogP contribution in [0, 0.1) is 11.8 Å².